The van der Waals surface area contributed by atoms with Crippen molar-refractivity contribution < 1.29 is 18.7 Å². The third-order valence-electron chi connectivity index (χ3n) is 4.49. The molecule has 1 aromatic carbocycles. The van der Waals surface area contributed by atoms with E-state index in [-0.39, 0.29) is 18.1 Å². The lowest BCUT2D eigenvalue weighted by Gasteiger charge is -2.29. The molecular weight excluding hydrogens is 423 g/mol. The number of thioether (sulfide) groups is 1. The van der Waals surface area contributed by atoms with Crippen LogP contribution < -0.4 is 5.32 Å². The highest BCUT2D eigenvalue weighted by molar-refractivity contribution is 8.03. The summed E-state index contributed by atoms with van der Waals surface area (Å²) in [4.78, 5) is 25.7. The molecule has 8 heteroatoms. The molecule has 0 fully saturated rings. The Morgan fingerprint density at radius 1 is 1.30 bits per heavy atom. The minimum atomic E-state index is -0.713. The van der Waals surface area contributed by atoms with E-state index in [1.54, 1.807) is 32.0 Å². The number of thiophene rings is 1. The van der Waals surface area contributed by atoms with Gasteiger partial charge in [-0.05, 0) is 43.0 Å². The number of esters is 1. The first kappa shape index (κ1) is 21.8. The largest absolute Gasteiger partial charge is 0.463 e. The van der Waals surface area contributed by atoms with Gasteiger partial charge in [-0.15, -0.1) is 11.3 Å². The van der Waals surface area contributed by atoms with Crippen molar-refractivity contribution in [2.45, 2.75) is 19.8 Å². The number of carbonyl (C=O) groups is 2. The molecule has 154 valence electrons. The van der Waals surface area contributed by atoms with Crippen molar-refractivity contribution >= 4 is 34.9 Å². The van der Waals surface area contributed by atoms with Crippen LogP contribution >= 0.6 is 23.1 Å². The number of ether oxygens (including phenoxy) is 1. The number of carbonyl (C=O) groups excluding carboxylic acids is 2. The Hall–Kier alpha value is -2.89. The highest BCUT2D eigenvalue weighted by atomic mass is 32.2. The van der Waals surface area contributed by atoms with Crippen LogP contribution in [0.4, 0.5) is 4.39 Å². The van der Waals surface area contributed by atoms with E-state index in [4.69, 9.17) is 4.74 Å². The smallest absolute Gasteiger partial charge is 0.336 e. The van der Waals surface area contributed by atoms with Gasteiger partial charge in [0.25, 0.3) is 0 Å². The van der Waals surface area contributed by atoms with Gasteiger partial charge in [-0.25, -0.2) is 9.18 Å². The predicted octanol–water partition coefficient (Wildman–Crippen LogP) is 4.76. The van der Waals surface area contributed by atoms with Gasteiger partial charge in [0.05, 0.1) is 45.4 Å². The summed E-state index contributed by atoms with van der Waals surface area (Å²) in [5, 5.41) is 15.3. The average molecular weight is 443 g/mol. The van der Waals surface area contributed by atoms with Gasteiger partial charge in [0.1, 0.15) is 5.82 Å². The zero-order valence-electron chi connectivity index (χ0n) is 16.4. The third kappa shape index (κ3) is 4.64. The number of nitrogens with zero attached hydrogens (tertiary/aromatic N) is 1. The highest BCUT2D eigenvalue weighted by Crippen LogP contribution is 2.41. The molecule has 1 aliphatic rings. The first-order chi connectivity index (χ1) is 14.5. The fraction of sp³-hybridized carbons (Fsp3) is 0.227. The lowest BCUT2D eigenvalue weighted by molar-refractivity contribution is -0.138. The van der Waals surface area contributed by atoms with Crippen LogP contribution in [0.2, 0.25) is 0 Å². The van der Waals surface area contributed by atoms with E-state index in [1.807, 2.05) is 11.4 Å². The summed E-state index contributed by atoms with van der Waals surface area (Å²) in [6, 6.07) is 11.4. The minimum absolute atomic E-state index is 0.0438. The van der Waals surface area contributed by atoms with Crippen LogP contribution in [-0.2, 0) is 9.53 Å². The Kier molecular flexibility index (Phi) is 7.08. The van der Waals surface area contributed by atoms with Crippen molar-refractivity contribution in [3.63, 3.8) is 0 Å². The number of ketones is 1. The first-order valence-electron chi connectivity index (χ1n) is 9.20. The number of nitrogens with one attached hydrogen (secondary N) is 1. The second-order valence-electron chi connectivity index (χ2n) is 6.41. The van der Waals surface area contributed by atoms with Gasteiger partial charge in [-0.1, -0.05) is 30.0 Å². The molecule has 3 rings (SSSR count). The second kappa shape index (κ2) is 9.74. The molecule has 0 amide bonds. The van der Waals surface area contributed by atoms with Gasteiger partial charge >= 0.3 is 5.97 Å². The molecule has 1 aromatic heterocycles. The molecule has 0 bridgehead atoms. The fourth-order valence-corrected chi connectivity index (χ4v) is 4.87. The van der Waals surface area contributed by atoms with Crippen LogP contribution in [0, 0.1) is 17.1 Å². The van der Waals surface area contributed by atoms with E-state index in [2.05, 4.69) is 11.4 Å². The maximum atomic E-state index is 13.5. The van der Waals surface area contributed by atoms with E-state index in [0.717, 1.165) is 0 Å². The minimum Gasteiger partial charge on any atom is -0.463 e. The summed E-state index contributed by atoms with van der Waals surface area (Å²) in [7, 11) is 0. The summed E-state index contributed by atoms with van der Waals surface area (Å²) in [6.45, 7) is 3.61. The first-order valence-corrected chi connectivity index (χ1v) is 11.1. The highest BCUT2D eigenvalue weighted by Gasteiger charge is 2.35. The zero-order chi connectivity index (χ0) is 21.7. The van der Waals surface area contributed by atoms with Crippen molar-refractivity contribution in [2.24, 2.45) is 0 Å². The lowest BCUT2D eigenvalue weighted by atomic mass is 9.82. The van der Waals surface area contributed by atoms with Gasteiger partial charge in [0.2, 0.25) is 0 Å². The van der Waals surface area contributed by atoms with Crippen molar-refractivity contribution in [3.8, 4) is 6.07 Å². The molecule has 30 heavy (non-hydrogen) atoms. The number of dihydropyridines is 1. The van der Waals surface area contributed by atoms with Crippen molar-refractivity contribution in [3.05, 3.63) is 79.9 Å². The number of halogens is 1. The number of nitriles is 1. The van der Waals surface area contributed by atoms with Crippen LogP contribution in [0.5, 0.6) is 0 Å². The van der Waals surface area contributed by atoms with E-state index in [0.29, 0.717) is 32.3 Å². The SMILES string of the molecule is CCOC(=O)C1=C(C)NC(SCC(=O)c2cccs2)=C(C#N)C1c1ccc(F)cc1. The van der Waals surface area contributed by atoms with Crippen molar-refractivity contribution in [1.82, 2.24) is 5.32 Å². The predicted molar refractivity (Wildman–Crippen MR) is 115 cm³/mol. The molecule has 0 aliphatic carbocycles. The third-order valence-corrected chi connectivity index (χ3v) is 6.42. The molecule has 0 saturated carbocycles. The maximum Gasteiger partial charge on any atom is 0.336 e. The molecular formula is C22H19FN2O3S2. The number of benzene rings is 1. The Balaban J connectivity index is 1.99. The molecule has 1 atom stereocenters. The Morgan fingerprint density at radius 2 is 2.03 bits per heavy atom. The van der Waals surface area contributed by atoms with Gasteiger partial charge in [-0.2, -0.15) is 5.26 Å². The van der Waals surface area contributed by atoms with Gasteiger partial charge < -0.3 is 10.1 Å². The van der Waals surface area contributed by atoms with E-state index in [9.17, 15) is 19.2 Å². The summed E-state index contributed by atoms with van der Waals surface area (Å²) in [6.07, 6.45) is 0. The molecule has 5 nitrogen and oxygen atoms in total. The molecule has 0 radical (unpaired) electrons. The van der Waals surface area contributed by atoms with Gasteiger partial charge in [-0.3, -0.25) is 4.79 Å². The Bertz CT molecular complexity index is 1050. The zero-order valence-corrected chi connectivity index (χ0v) is 18.0. The summed E-state index contributed by atoms with van der Waals surface area (Å²) < 4.78 is 18.7. The lowest BCUT2D eigenvalue weighted by Crippen LogP contribution is -2.29. The summed E-state index contributed by atoms with van der Waals surface area (Å²) >= 11 is 2.57. The van der Waals surface area contributed by atoms with E-state index >= 15 is 0 Å². The van der Waals surface area contributed by atoms with Crippen molar-refractivity contribution in [1.29, 1.82) is 5.26 Å². The quantitative estimate of drug-likeness (QED) is 0.492. The normalized spacial score (nSPS) is 16.1. The standard InChI is InChI=1S/C22H19FN2O3S2/c1-3-28-22(27)19-13(2)25-21(30-12-17(26)18-5-4-10-29-18)16(11-24)20(19)14-6-8-15(23)9-7-14/h4-10,20,25H,3,12H2,1-2H3. The van der Waals surface area contributed by atoms with Crippen molar-refractivity contribution in [2.75, 3.05) is 12.4 Å². The van der Waals surface area contributed by atoms with Crippen LogP contribution in [-0.4, -0.2) is 24.1 Å². The molecule has 2 aromatic rings. The maximum absolute atomic E-state index is 13.5. The molecule has 1 aliphatic heterocycles. The summed E-state index contributed by atoms with van der Waals surface area (Å²) in [5.74, 6) is -1.56. The van der Waals surface area contributed by atoms with Crippen LogP contribution in [0.25, 0.3) is 0 Å². The van der Waals surface area contributed by atoms with Crippen LogP contribution in [0.3, 0.4) is 0 Å². The fourth-order valence-electron chi connectivity index (χ4n) is 3.14. The van der Waals surface area contributed by atoms with Crippen LogP contribution in [0.15, 0.2) is 63.7 Å². The number of rotatable bonds is 7. The number of Topliss-reactive ketones (excluding diaryl/α,β-unsaturated/α-hetero) is 1. The molecule has 0 spiro atoms. The molecule has 1 N–H and O–H groups in total. The number of hydrogen-bond acceptors (Lipinski definition) is 7. The number of hydrogen-bond donors (Lipinski definition) is 1. The van der Waals surface area contributed by atoms with Gasteiger partial charge in [0, 0.05) is 5.70 Å². The monoisotopic (exact) mass is 442 g/mol. The average Bonchev–Trinajstić information content (AvgIpc) is 3.27. The molecule has 1 unspecified atom stereocenters. The molecule has 2 heterocycles. The van der Waals surface area contributed by atoms with Crippen LogP contribution in [0.1, 0.15) is 35.0 Å². The van der Waals surface area contributed by atoms with E-state index in [1.165, 1.54) is 35.2 Å². The number of allylic oxidation sites excluding steroid dienone is 2. The topological polar surface area (TPSA) is 79.2 Å². The summed E-state index contributed by atoms with van der Waals surface area (Å²) in [5.41, 5.74) is 1.72. The Morgan fingerprint density at radius 3 is 2.63 bits per heavy atom. The van der Waals surface area contributed by atoms with E-state index < -0.39 is 17.7 Å². The van der Waals surface area contributed by atoms with Gasteiger partial charge in [0.15, 0.2) is 5.78 Å². The Labute approximate surface area is 182 Å². The molecule has 0 saturated heterocycles. The second-order valence-corrected chi connectivity index (χ2v) is 8.35.